The summed E-state index contributed by atoms with van der Waals surface area (Å²) in [6.45, 7) is 0.791. The molecule has 0 unspecified atom stereocenters. The van der Waals surface area contributed by atoms with E-state index in [4.69, 9.17) is 15.5 Å². The fourth-order valence-corrected chi connectivity index (χ4v) is 4.57. The highest BCUT2D eigenvalue weighted by Gasteiger charge is 2.25. The van der Waals surface area contributed by atoms with Gasteiger partial charge in [0.15, 0.2) is 0 Å². The molecule has 6 nitrogen and oxygen atoms in total. The summed E-state index contributed by atoms with van der Waals surface area (Å²) in [5.74, 6) is 3.08. The molecule has 2 aromatic heterocycles. The summed E-state index contributed by atoms with van der Waals surface area (Å²) in [6.07, 6.45) is 7.98. The van der Waals surface area contributed by atoms with E-state index >= 15 is 0 Å². The predicted octanol–water partition coefficient (Wildman–Crippen LogP) is 4.82. The molecule has 4 aromatic rings. The monoisotopic (exact) mass is 428 g/mol. The van der Waals surface area contributed by atoms with Crippen LogP contribution in [0, 0.1) is 5.92 Å². The average Bonchev–Trinajstić information content (AvgIpc) is 3.28. The summed E-state index contributed by atoms with van der Waals surface area (Å²) in [7, 11) is 0. The second-order valence-electron chi connectivity index (χ2n) is 8.59. The maximum absolute atomic E-state index is 9.45. The van der Waals surface area contributed by atoms with Crippen LogP contribution in [0.4, 0.5) is 5.82 Å². The number of imidazole rings is 1. The first-order valence-electron chi connectivity index (χ1n) is 11.2. The van der Waals surface area contributed by atoms with Gasteiger partial charge >= 0.3 is 0 Å². The zero-order valence-electron chi connectivity index (χ0n) is 18.0. The van der Waals surface area contributed by atoms with Crippen LogP contribution in [-0.2, 0) is 6.61 Å². The van der Waals surface area contributed by atoms with Gasteiger partial charge in [-0.05, 0) is 49.3 Å². The molecule has 5 rings (SSSR count). The Bertz CT molecular complexity index is 1200. The molecule has 1 aliphatic rings. The minimum atomic E-state index is 0.277. The second kappa shape index (κ2) is 9.01. The van der Waals surface area contributed by atoms with E-state index < -0.39 is 0 Å². The highest BCUT2D eigenvalue weighted by Crippen LogP contribution is 2.36. The fourth-order valence-electron chi connectivity index (χ4n) is 4.57. The predicted molar refractivity (Wildman–Crippen MR) is 125 cm³/mol. The molecule has 164 valence electrons. The number of aliphatic hydroxyl groups excluding tert-OH is 1. The molecule has 0 atom stereocenters. The van der Waals surface area contributed by atoms with E-state index in [-0.39, 0.29) is 6.61 Å². The molecule has 2 aromatic carbocycles. The number of ether oxygens (including phenoxy) is 1. The number of nitrogen functional groups attached to an aromatic ring is 1. The van der Waals surface area contributed by atoms with Crippen molar-refractivity contribution in [3.05, 3.63) is 78.4 Å². The number of hydrogen-bond acceptors (Lipinski definition) is 5. The van der Waals surface area contributed by atoms with Crippen molar-refractivity contribution in [1.82, 2.24) is 14.4 Å². The van der Waals surface area contributed by atoms with Crippen LogP contribution in [0.15, 0.2) is 67.0 Å². The quantitative estimate of drug-likeness (QED) is 0.460. The molecular formula is C26H28N4O2. The van der Waals surface area contributed by atoms with Crippen LogP contribution >= 0.6 is 0 Å². The van der Waals surface area contributed by atoms with E-state index in [2.05, 4.69) is 21.5 Å². The van der Waals surface area contributed by atoms with E-state index in [0.29, 0.717) is 24.3 Å². The molecule has 3 N–H and O–H groups in total. The lowest BCUT2D eigenvalue weighted by Crippen LogP contribution is -2.17. The van der Waals surface area contributed by atoms with Crippen molar-refractivity contribution in [1.29, 1.82) is 0 Å². The molecule has 0 saturated heterocycles. The third kappa shape index (κ3) is 4.18. The Kier molecular flexibility index (Phi) is 5.77. The Balaban J connectivity index is 1.42. The molecule has 32 heavy (non-hydrogen) atoms. The van der Waals surface area contributed by atoms with Crippen molar-refractivity contribution >= 4 is 11.3 Å². The van der Waals surface area contributed by atoms with Crippen LogP contribution in [0.5, 0.6) is 5.75 Å². The maximum Gasteiger partial charge on any atom is 0.150 e. The molecule has 0 radical (unpaired) electrons. The number of hydrogen-bond donors (Lipinski definition) is 2. The molecule has 0 bridgehead atoms. The van der Waals surface area contributed by atoms with Crippen molar-refractivity contribution in [3.63, 3.8) is 0 Å². The van der Waals surface area contributed by atoms with E-state index in [9.17, 15) is 5.11 Å². The fraction of sp³-hybridized carbons (Fsp3) is 0.308. The zero-order chi connectivity index (χ0) is 21.9. The Morgan fingerprint density at radius 2 is 1.84 bits per heavy atom. The highest BCUT2D eigenvalue weighted by atomic mass is 16.5. The van der Waals surface area contributed by atoms with Gasteiger partial charge in [-0.25, -0.2) is 9.97 Å². The van der Waals surface area contributed by atoms with Gasteiger partial charge in [0, 0.05) is 24.3 Å². The third-order valence-corrected chi connectivity index (χ3v) is 6.43. The maximum atomic E-state index is 9.45. The number of benzene rings is 2. The summed E-state index contributed by atoms with van der Waals surface area (Å²) in [4.78, 5) is 9.34. The molecular weight excluding hydrogens is 400 g/mol. The van der Waals surface area contributed by atoms with E-state index in [1.165, 1.54) is 0 Å². The average molecular weight is 429 g/mol. The van der Waals surface area contributed by atoms with Crippen LogP contribution in [-0.4, -0.2) is 26.1 Å². The summed E-state index contributed by atoms with van der Waals surface area (Å²) < 4.78 is 8.09. The first kappa shape index (κ1) is 20.5. The number of fused-ring (bicyclic) bond motifs is 1. The van der Waals surface area contributed by atoms with Crippen molar-refractivity contribution in [2.75, 3.05) is 12.3 Å². The van der Waals surface area contributed by atoms with Gasteiger partial charge in [0.1, 0.15) is 29.5 Å². The number of aromatic nitrogens is 3. The van der Waals surface area contributed by atoms with Crippen LogP contribution < -0.4 is 10.5 Å². The van der Waals surface area contributed by atoms with Gasteiger partial charge in [-0.15, -0.1) is 0 Å². The molecule has 1 saturated carbocycles. The Morgan fingerprint density at radius 3 is 2.62 bits per heavy atom. The summed E-state index contributed by atoms with van der Waals surface area (Å²) >= 11 is 0. The lowest BCUT2D eigenvalue weighted by Gasteiger charge is -2.26. The van der Waals surface area contributed by atoms with Gasteiger partial charge in [-0.2, -0.15) is 0 Å². The summed E-state index contributed by atoms with van der Waals surface area (Å²) in [5.41, 5.74) is 10.0. The van der Waals surface area contributed by atoms with E-state index in [1.54, 1.807) is 0 Å². The van der Waals surface area contributed by atoms with Crippen LogP contribution in [0.2, 0.25) is 0 Å². The van der Waals surface area contributed by atoms with Crippen molar-refractivity contribution in [2.45, 2.75) is 38.2 Å². The SMILES string of the molecule is Nc1nc(-c2cccc(OCc3ccccc3)c2)cn2c(C3CCC(CO)CC3)ncc12. The van der Waals surface area contributed by atoms with E-state index in [0.717, 1.165) is 59.6 Å². The van der Waals surface area contributed by atoms with Crippen molar-refractivity contribution < 1.29 is 9.84 Å². The number of rotatable bonds is 6. The van der Waals surface area contributed by atoms with Crippen molar-refractivity contribution in [2.24, 2.45) is 5.92 Å². The van der Waals surface area contributed by atoms with Crippen molar-refractivity contribution in [3.8, 4) is 17.0 Å². The minimum Gasteiger partial charge on any atom is -0.489 e. The van der Waals surface area contributed by atoms with Gasteiger partial charge in [0.2, 0.25) is 0 Å². The highest BCUT2D eigenvalue weighted by molar-refractivity contribution is 5.71. The topological polar surface area (TPSA) is 85.7 Å². The van der Waals surface area contributed by atoms with E-state index in [1.807, 2.05) is 54.9 Å². The van der Waals surface area contributed by atoms with Gasteiger partial charge < -0.3 is 15.6 Å². The zero-order valence-corrected chi connectivity index (χ0v) is 18.0. The summed E-state index contributed by atoms with van der Waals surface area (Å²) in [6, 6.07) is 18.1. The Labute approximate surface area is 187 Å². The minimum absolute atomic E-state index is 0.277. The molecule has 1 aliphatic carbocycles. The number of anilines is 1. The smallest absolute Gasteiger partial charge is 0.150 e. The first-order chi connectivity index (χ1) is 15.7. The van der Waals surface area contributed by atoms with Gasteiger partial charge in [0.25, 0.3) is 0 Å². The lowest BCUT2D eigenvalue weighted by molar-refractivity contribution is 0.181. The molecule has 0 spiro atoms. The van der Waals surface area contributed by atoms with Gasteiger partial charge in [-0.3, -0.25) is 4.40 Å². The molecule has 6 heteroatoms. The Hall–Kier alpha value is -3.38. The first-order valence-corrected chi connectivity index (χ1v) is 11.2. The van der Waals surface area contributed by atoms with Crippen LogP contribution in [0.1, 0.15) is 43.0 Å². The molecule has 2 heterocycles. The largest absolute Gasteiger partial charge is 0.489 e. The molecule has 1 fully saturated rings. The Morgan fingerprint density at radius 1 is 1.03 bits per heavy atom. The van der Waals surface area contributed by atoms with Gasteiger partial charge in [-0.1, -0.05) is 42.5 Å². The number of nitrogens with zero attached hydrogens (tertiary/aromatic N) is 3. The van der Waals surface area contributed by atoms with Crippen LogP contribution in [0.3, 0.4) is 0 Å². The lowest BCUT2D eigenvalue weighted by atomic mass is 9.82. The third-order valence-electron chi connectivity index (χ3n) is 6.43. The normalized spacial score (nSPS) is 18.7. The standard InChI is InChI=1S/C26H28N4O2/c27-25-24-14-28-26(20-11-9-18(16-31)10-12-20)30(24)15-23(29-25)21-7-4-8-22(13-21)32-17-19-5-2-1-3-6-19/h1-8,13-15,18,20,31H,9-12,16-17H2,(H2,27,29). The second-order valence-corrected chi connectivity index (χ2v) is 8.59. The van der Waals surface area contributed by atoms with Gasteiger partial charge in [0.05, 0.1) is 11.9 Å². The molecule has 0 aliphatic heterocycles. The number of nitrogens with two attached hydrogens (primary N) is 1. The number of aliphatic hydroxyl groups is 1. The van der Waals surface area contributed by atoms with Crippen LogP contribution in [0.25, 0.3) is 16.8 Å². The summed E-state index contributed by atoms with van der Waals surface area (Å²) in [5, 5.41) is 9.45. The molecule has 0 amide bonds.